The van der Waals surface area contributed by atoms with Crippen LogP contribution in [0.1, 0.15) is 62.4 Å². The van der Waals surface area contributed by atoms with E-state index in [-0.39, 0.29) is 42.4 Å². The number of piperidine rings is 1. The van der Waals surface area contributed by atoms with E-state index in [4.69, 9.17) is 21.0 Å². The van der Waals surface area contributed by atoms with Crippen molar-refractivity contribution in [3.63, 3.8) is 0 Å². The number of unbranched alkanes of at least 4 members (excludes halogenated alkanes) is 1. The topological polar surface area (TPSA) is 169 Å². The average molecular weight is 404 g/mol. The second-order valence-electron chi connectivity index (χ2n) is 6.55. The lowest BCUT2D eigenvalue weighted by Crippen LogP contribution is -3.00. The highest BCUT2D eigenvalue weighted by atomic mass is 35.5. The first kappa shape index (κ1) is 23.3. The highest BCUT2D eigenvalue weighted by Crippen LogP contribution is 2.22. The normalized spacial score (nSPS) is 17.0. The van der Waals surface area contributed by atoms with Crippen molar-refractivity contribution in [2.75, 3.05) is 19.6 Å². The molecule has 154 valence electrons. The van der Waals surface area contributed by atoms with E-state index in [9.17, 15) is 9.59 Å². The molecule has 1 aliphatic rings. The van der Waals surface area contributed by atoms with Crippen LogP contribution in [0.2, 0.25) is 0 Å². The van der Waals surface area contributed by atoms with Gasteiger partial charge in [0.2, 0.25) is 17.7 Å². The van der Waals surface area contributed by atoms with Gasteiger partial charge in [0, 0.05) is 5.92 Å². The number of nitrogens with one attached hydrogen (secondary N) is 2. The van der Waals surface area contributed by atoms with Gasteiger partial charge in [-0.25, -0.2) is 0 Å². The molecule has 2 atom stereocenters. The number of aromatic nitrogens is 2. The molecule has 0 aromatic carbocycles. The van der Waals surface area contributed by atoms with Crippen LogP contribution < -0.4 is 34.5 Å². The van der Waals surface area contributed by atoms with Gasteiger partial charge in [0.15, 0.2) is 0 Å². The zero-order chi connectivity index (χ0) is 18.9. The Labute approximate surface area is 164 Å². The molecule has 1 fully saturated rings. The lowest BCUT2D eigenvalue weighted by molar-refractivity contribution is -0.138. The van der Waals surface area contributed by atoms with Crippen LogP contribution in [-0.4, -0.2) is 46.8 Å². The van der Waals surface area contributed by atoms with Gasteiger partial charge in [0.25, 0.3) is 0 Å². The minimum Gasteiger partial charge on any atom is -1.00 e. The zero-order valence-electron chi connectivity index (χ0n) is 15.2. The van der Waals surface area contributed by atoms with Crippen molar-refractivity contribution < 1.29 is 31.5 Å². The van der Waals surface area contributed by atoms with Crippen molar-refractivity contribution in [3.8, 4) is 0 Å². The van der Waals surface area contributed by atoms with Crippen LogP contribution in [0.15, 0.2) is 4.42 Å². The zero-order valence-corrected chi connectivity index (χ0v) is 16.0. The van der Waals surface area contributed by atoms with E-state index in [0.717, 1.165) is 25.9 Å². The summed E-state index contributed by atoms with van der Waals surface area (Å²) in [6.45, 7) is 2.12. The number of nitrogens with two attached hydrogens (primary N) is 2. The minimum atomic E-state index is -1.06. The predicted octanol–water partition coefficient (Wildman–Crippen LogP) is -3.17. The molecule has 0 aliphatic carbocycles. The van der Waals surface area contributed by atoms with Gasteiger partial charge in [-0.05, 0) is 45.3 Å². The van der Waals surface area contributed by atoms with Crippen LogP contribution in [0.25, 0.3) is 0 Å². The molecule has 27 heavy (non-hydrogen) atoms. The van der Waals surface area contributed by atoms with Crippen LogP contribution in [-0.2, 0) is 9.59 Å². The Morgan fingerprint density at radius 2 is 1.93 bits per heavy atom. The van der Waals surface area contributed by atoms with Crippen LogP contribution in [0.4, 0.5) is 0 Å². The number of hydrogen-bond acceptors (Lipinski definition) is 8. The number of carboxylic acids is 1. The number of carboxylic acid groups (broad SMARTS) is 1. The molecule has 1 amide bonds. The summed E-state index contributed by atoms with van der Waals surface area (Å²) >= 11 is 0. The van der Waals surface area contributed by atoms with Crippen molar-refractivity contribution in [2.45, 2.75) is 50.6 Å². The molecule has 0 spiro atoms. The number of aliphatic carboxylic acids is 1. The van der Waals surface area contributed by atoms with E-state index in [1.807, 2.05) is 0 Å². The Hall–Kier alpha value is -1.75. The highest BCUT2D eigenvalue weighted by molar-refractivity contribution is 5.80. The average Bonchev–Trinajstić information content (AvgIpc) is 3.12. The monoisotopic (exact) mass is 403 g/mol. The summed E-state index contributed by atoms with van der Waals surface area (Å²) in [4.78, 5) is 23.6. The maximum Gasteiger partial charge on any atom is 0.305 e. The van der Waals surface area contributed by atoms with Crippen molar-refractivity contribution in [3.05, 3.63) is 11.8 Å². The van der Waals surface area contributed by atoms with E-state index in [1.54, 1.807) is 0 Å². The molecule has 0 saturated carbocycles. The minimum absolute atomic E-state index is 0. The van der Waals surface area contributed by atoms with Crippen molar-refractivity contribution >= 4 is 11.9 Å². The van der Waals surface area contributed by atoms with Gasteiger partial charge in [-0.1, -0.05) is 6.42 Å². The first-order valence-corrected chi connectivity index (χ1v) is 9.03. The summed E-state index contributed by atoms with van der Waals surface area (Å²) in [5.74, 6) is -1.09. The van der Waals surface area contributed by atoms with Crippen molar-refractivity contribution in [1.82, 2.24) is 20.8 Å². The van der Waals surface area contributed by atoms with Gasteiger partial charge < -0.3 is 44.0 Å². The third kappa shape index (κ3) is 7.41. The Balaban J connectivity index is 0.00000364. The fraction of sp³-hybridized carbons (Fsp3) is 0.750. The van der Waals surface area contributed by atoms with Gasteiger partial charge in [-0.15, -0.1) is 10.2 Å². The number of nitrogens with zero attached hydrogens (tertiary/aromatic N) is 2. The van der Waals surface area contributed by atoms with Gasteiger partial charge in [-0.3, -0.25) is 9.59 Å². The summed E-state index contributed by atoms with van der Waals surface area (Å²) in [6.07, 6.45) is 3.42. The van der Waals surface area contributed by atoms with E-state index >= 15 is 0 Å². The fourth-order valence-corrected chi connectivity index (χ4v) is 2.92. The molecule has 1 aromatic heterocycles. The summed E-state index contributed by atoms with van der Waals surface area (Å²) in [5.41, 5.74) is 11.5. The highest BCUT2D eigenvalue weighted by Gasteiger charge is 2.28. The summed E-state index contributed by atoms with van der Waals surface area (Å²) in [7, 11) is 0. The molecule has 1 saturated heterocycles. The molecule has 11 heteroatoms. The summed E-state index contributed by atoms with van der Waals surface area (Å²) in [5, 5.41) is 22.9. The third-order valence-corrected chi connectivity index (χ3v) is 4.45. The molecule has 0 bridgehead atoms. The second-order valence-corrected chi connectivity index (χ2v) is 6.55. The third-order valence-electron chi connectivity index (χ3n) is 4.45. The van der Waals surface area contributed by atoms with E-state index < -0.39 is 18.1 Å². The Morgan fingerprint density at radius 3 is 2.56 bits per heavy atom. The van der Waals surface area contributed by atoms with E-state index in [0.29, 0.717) is 25.8 Å². The lowest BCUT2D eigenvalue weighted by atomic mass is 9.96. The first-order chi connectivity index (χ1) is 12.5. The molecule has 2 rings (SSSR count). The van der Waals surface area contributed by atoms with Crippen LogP contribution in [0.5, 0.6) is 0 Å². The van der Waals surface area contributed by atoms with Crippen molar-refractivity contribution in [2.24, 2.45) is 17.4 Å². The van der Waals surface area contributed by atoms with Gasteiger partial charge in [-0.2, -0.15) is 0 Å². The standard InChI is InChI=1S/C16H28N6O4.ClH/c17-6-2-1-3-11(18)15-21-22-16(26-15)12(9-13(23)24)20-14(25)10-4-7-19-8-5-10;/h10-12,19H,1-9,17-18H2,(H,20,25)(H,23,24);1H/p-1. The predicted molar refractivity (Wildman–Crippen MR) is 92.9 cm³/mol. The molecule has 2 unspecified atom stereocenters. The maximum atomic E-state index is 12.4. The quantitative estimate of drug-likeness (QED) is 0.253. The van der Waals surface area contributed by atoms with Crippen LogP contribution in [0.3, 0.4) is 0 Å². The SMILES string of the molecule is NCCCCC(N)c1nnc(C(CC(=O)O)NC(=O)C2CCNCC2)o1.[Cl-]. The molecule has 10 nitrogen and oxygen atoms in total. The summed E-state index contributed by atoms with van der Waals surface area (Å²) < 4.78 is 5.56. The second kappa shape index (κ2) is 11.9. The lowest BCUT2D eigenvalue weighted by Gasteiger charge is -2.23. The van der Waals surface area contributed by atoms with Crippen LogP contribution >= 0.6 is 0 Å². The molecule has 7 N–H and O–H groups in total. The van der Waals surface area contributed by atoms with Crippen LogP contribution in [0, 0.1) is 5.92 Å². The van der Waals surface area contributed by atoms with Gasteiger partial charge in [0.1, 0.15) is 6.04 Å². The first-order valence-electron chi connectivity index (χ1n) is 9.03. The number of amides is 1. The van der Waals surface area contributed by atoms with Gasteiger partial charge >= 0.3 is 5.97 Å². The Kier molecular flexibility index (Phi) is 10.2. The number of rotatable bonds is 10. The molecular formula is C16H28ClN6O4-. The Morgan fingerprint density at radius 1 is 1.26 bits per heavy atom. The summed E-state index contributed by atoms with van der Waals surface area (Å²) in [6, 6.07) is -1.30. The van der Waals surface area contributed by atoms with E-state index in [2.05, 4.69) is 20.8 Å². The van der Waals surface area contributed by atoms with E-state index in [1.165, 1.54) is 0 Å². The number of halogens is 1. The smallest absolute Gasteiger partial charge is 0.305 e. The largest absolute Gasteiger partial charge is 1.00 e. The number of carbonyl (C=O) groups excluding carboxylic acids is 1. The number of carbonyl (C=O) groups is 2. The molecular weight excluding hydrogens is 376 g/mol. The molecule has 0 radical (unpaired) electrons. The van der Waals surface area contributed by atoms with Crippen molar-refractivity contribution in [1.29, 1.82) is 0 Å². The maximum absolute atomic E-state index is 12.4. The Bertz CT molecular complexity index is 593. The van der Waals surface area contributed by atoms with Gasteiger partial charge in [0.05, 0.1) is 12.5 Å². The fourth-order valence-electron chi connectivity index (χ4n) is 2.92. The number of hydrogen-bond donors (Lipinski definition) is 5. The molecule has 1 aromatic rings. The molecule has 1 aliphatic heterocycles. The molecule has 2 heterocycles.